The number of carbonyl (C=O) groups is 1. The van der Waals surface area contributed by atoms with Gasteiger partial charge in [0, 0.05) is 42.6 Å². The number of oxime groups is 1. The number of rotatable bonds is 4. The molecule has 0 unspecified atom stereocenters. The van der Waals surface area contributed by atoms with Gasteiger partial charge in [0.2, 0.25) is 0 Å². The molecule has 164 valence electrons. The molecule has 0 bridgehead atoms. The average molecular weight is 435 g/mol. The van der Waals surface area contributed by atoms with Crippen molar-refractivity contribution in [3.8, 4) is 5.88 Å². The maximum atomic E-state index is 13.9. The number of halogens is 1. The summed E-state index contributed by atoms with van der Waals surface area (Å²) in [6, 6.07) is 11.5. The summed E-state index contributed by atoms with van der Waals surface area (Å²) in [4.78, 5) is 29.3. The van der Waals surface area contributed by atoms with E-state index in [0.29, 0.717) is 52.2 Å². The fourth-order valence-electron chi connectivity index (χ4n) is 4.03. The van der Waals surface area contributed by atoms with E-state index in [1.165, 1.54) is 12.1 Å². The van der Waals surface area contributed by atoms with E-state index < -0.39 is 5.82 Å². The van der Waals surface area contributed by atoms with E-state index in [1.54, 1.807) is 11.0 Å². The summed E-state index contributed by atoms with van der Waals surface area (Å²) in [5.41, 5.74) is 3.01. The van der Waals surface area contributed by atoms with Crippen LogP contribution in [0, 0.1) is 5.82 Å². The standard InChI is InChI=1S/C23H22FN5O3/c1-28-8-10-29(11-9-28)19(30)13-32-27-21-15-4-2-3-5-17(15)25-22(21)20-16-12-14(24)6-7-18(16)26-23(20)31/h2-7,12,26,31H,8-11,13H2,1H3. The molecule has 1 aromatic heterocycles. The maximum Gasteiger partial charge on any atom is 0.263 e. The van der Waals surface area contributed by atoms with Gasteiger partial charge >= 0.3 is 0 Å². The third-order valence-corrected chi connectivity index (χ3v) is 5.79. The predicted octanol–water partition coefficient (Wildman–Crippen LogP) is 2.64. The van der Waals surface area contributed by atoms with Crippen LogP contribution in [0.15, 0.2) is 52.6 Å². The molecule has 0 aliphatic carbocycles. The van der Waals surface area contributed by atoms with Crippen molar-refractivity contribution in [3.05, 3.63) is 59.4 Å². The van der Waals surface area contributed by atoms with Crippen molar-refractivity contribution in [1.82, 2.24) is 14.8 Å². The van der Waals surface area contributed by atoms with Crippen LogP contribution in [-0.2, 0) is 9.63 Å². The zero-order chi connectivity index (χ0) is 22.2. The Morgan fingerprint density at radius 3 is 2.81 bits per heavy atom. The lowest BCUT2D eigenvalue weighted by Crippen LogP contribution is -2.48. The Labute approximate surface area is 183 Å². The molecule has 5 rings (SSSR count). The third kappa shape index (κ3) is 3.60. The number of carbonyl (C=O) groups excluding carboxylic acids is 1. The van der Waals surface area contributed by atoms with Crippen LogP contribution < -0.4 is 0 Å². The summed E-state index contributed by atoms with van der Waals surface area (Å²) in [5, 5.41) is 15.3. The zero-order valence-electron chi connectivity index (χ0n) is 17.5. The number of amides is 1. The second-order valence-corrected chi connectivity index (χ2v) is 7.91. The largest absolute Gasteiger partial charge is 0.494 e. The summed E-state index contributed by atoms with van der Waals surface area (Å²) in [6.07, 6.45) is 0. The highest BCUT2D eigenvalue weighted by molar-refractivity contribution is 6.58. The Bertz CT molecular complexity index is 1260. The topological polar surface area (TPSA) is 93.5 Å². The highest BCUT2D eigenvalue weighted by Gasteiger charge is 2.29. The summed E-state index contributed by atoms with van der Waals surface area (Å²) in [6.45, 7) is 2.75. The number of para-hydroxylation sites is 1. The number of likely N-dealkylation sites (N-methyl/N-ethyl adjacent to an activating group) is 1. The van der Waals surface area contributed by atoms with Crippen molar-refractivity contribution < 1.29 is 19.1 Å². The highest BCUT2D eigenvalue weighted by Crippen LogP contribution is 2.35. The molecular formula is C23H22FN5O3. The van der Waals surface area contributed by atoms with Crippen LogP contribution in [0.2, 0.25) is 0 Å². The molecule has 1 saturated heterocycles. The van der Waals surface area contributed by atoms with Crippen LogP contribution in [0.1, 0.15) is 11.1 Å². The van der Waals surface area contributed by atoms with Crippen molar-refractivity contribution >= 4 is 33.9 Å². The molecule has 0 atom stereocenters. The number of aromatic hydroxyl groups is 1. The van der Waals surface area contributed by atoms with Gasteiger partial charge in [-0.15, -0.1) is 0 Å². The minimum atomic E-state index is -0.429. The Hall–Kier alpha value is -3.72. The summed E-state index contributed by atoms with van der Waals surface area (Å²) < 4.78 is 13.9. The van der Waals surface area contributed by atoms with Crippen LogP contribution in [0.4, 0.5) is 10.1 Å². The quantitative estimate of drug-likeness (QED) is 0.616. The Morgan fingerprint density at radius 1 is 1.22 bits per heavy atom. The number of nitrogens with one attached hydrogen (secondary N) is 1. The first kappa shape index (κ1) is 20.2. The van der Waals surface area contributed by atoms with Crippen LogP contribution in [-0.4, -0.2) is 77.1 Å². The Balaban J connectivity index is 1.45. The fraction of sp³-hybridized carbons (Fsp3) is 0.261. The lowest BCUT2D eigenvalue weighted by Gasteiger charge is -2.32. The number of aromatic amines is 1. The maximum absolute atomic E-state index is 13.9. The summed E-state index contributed by atoms with van der Waals surface area (Å²) in [5.74, 6) is -0.705. The molecule has 9 heteroatoms. The molecule has 1 fully saturated rings. The Morgan fingerprint density at radius 2 is 2.00 bits per heavy atom. The normalized spacial score (nSPS) is 17.6. The highest BCUT2D eigenvalue weighted by atomic mass is 19.1. The van der Waals surface area contributed by atoms with E-state index in [9.17, 15) is 14.3 Å². The van der Waals surface area contributed by atoms with Gasteiger partial charge in [-0.1, -0.05) is 23.4 Å². The van der Waals surface area contributed by atoms with Crippen LogP contribution >= 0.6 is 0 Å². The van der Waals surface area contributed by atoms with E-state index in [2.05, 4.69) is 20.0 Å². The van der Waals surface area contributed by atoms with Crippen molar-refractivity contribution in [2.75, 3.05) is 39.8 Å². The molecular weight excluding hydrogens is 413 g/mol. The van der Waals surface area contributed by atoms with E-state index in [4.69, 9.17) is 4.84 Å². The average Bonchev–Trinajstić information content (AvgIpc) is 3.30. The van der Waals surface area contributed by atoms with Gasteiger partial charge in [-0.25, -0.2) is 9.38 Å². The molecule has 0 spiro atoms. The van der Waals surface area contributed by atoms with Gasteiger partial charge in [0.25, 0.3) is 5.91 Å². The number of aromatic nitrogens is 1. The van der Waals surface area contributed by atoms with Crippen molar-refractivity contribution in [3.63, 3.8) is 0 Å². The smallest absolute Gasteiger partial charge is 0.263 e. The number of H-pyrrole nitrogens is 1. The van der Waals surface area contributed by atoms with Gasteiger partial charge in [-0.2, -0.15) is 0 Å². The third-order valence-electron chi connectivity index (χ3n) is 5.79. The fourth-order valence-corrected chi connectivity index (χ4v) is 4.03. The molecule has 2 aliphatic heterocycles. The second kappa shape index (κ2) is 8.08. The van der Waals surface area contributed by atoms with E-state index in [1.807, 2.05) is 31.3 Å². The van der Waals surface area contributed by atoms with Crippen LogP contribution in [0.5, 0.6) is 5.88 Å². The number of fused-ring (bicyclic) bond motifs is 2. The first-order valence-corrected chi connectivity index (χ1v) is 10.4. The first-order valence-electron chi connectivity index (χ1n) is 10.4. The predicted molar refractivity (Wildman–Crippen MR) is 119 cm³/mol. The first-order chi connectivity index (χ1) is 15.5. The molecule has 3 aromatic rings. The van der Waals surface area contributed by atoms with Gasteiger partial charge in [0.1, 0.15) is 17.2 Å². The minimum Gasteiger partial charge on any atom is -0.494 e. The molecule has 8 nitrogen and oxygen atoms in total. The van der Waals surface area contributed by atoms with Crippen molar-refractivity contribution in [2.45, 2.75) is 0 Å². The number of piperazine rings is 1. The molecule has 2 aromatic carbocycles. The van der Waals surface area contributed by atoms with Crippen molar-refractivity contribution in [2.24, 2.45) is 10.1 Å². The summed E-state index contributed by atoms with van der Waals surface area (Å²) in [7, 11) is 2.02. The molecule has 0 saturated carbocycles. The molecule has 2 N–H and O–H groups in total. The lowest BCUT2D eigenvalue weighted by molar-refractivity contribution is -0.137. The molecule has 3 heterocycles. The van der Waals surface area contributed by atoms with Gasteiger partial charge in [0.15, 0.2) is 12.5 Å². The Kier molecular flexibility index (Phi) is 5.10. The van der Waals surface area contributed by atoms with Gasteiger partial charge in [0.05, 0.1) is 11.3 Å². The van der Waals surface area contributed by atoms with Crippen LogP contribution in [0.25, 0.3) is 10.9 Å². The number of benzene rings is 2. The van der Waals surface area contributed by atoms with E-state index >= 15 is 0 Å². The van der Waals surface area contributed by atoms with Crippen molar-refractivity contribution in [1.29, 1.82) is 0 Å². The van der Waals surface area contributed by atoms with Gasteiger partial charge in [-0.3, -0.25) is 4.79 Å². The van der Waals surface area contributed by atoms with E-state index in [-0.39, 0.29) is 18.4 Å². The van der Waals surface area contributed by atoms with E-state index in [0.717, 1.165) is 13.1 Å². The SMILES string of the molecule is CN1CCN(C(=O)CON=C2C(c3c(O)[nH]c4ccc(F)cc34)=Nc3ccccc32)CC1. The number of hydrogen-bond donors (Lipinski definition) is 2. The second-order valence-electron chi connectivity index (χ2n) is 7.91. The minimum absolute atomic E-state index is 0.135. The molecule has 2 aliphatic rings. The molecule has 32 heavy (non-hydrogen) atoms. The number of hydrogen-bond acceptors (Lipinski definition) is 6. The van der Waals surface area contributed by atoms with Gasteiger partial charge in [-0.05, 0) is 31.3 Å². The zero-order valence-corrected chi connectivity index (χ0v) is 17.5. The summed E-state index contributed by atoms with van der Waals surface area (Å²) >= 11 is 0. The lowest BCUT2D eigenvalue weighted by atomic mass is 10.0. The monoisotopic (exact) mass is 435 g/mol. The van der Waals surface area contributed by atoms with Gasteiger partial charge < -0.3 is 24.7 Å². The number of aliphatic imine (C=N–C) groups is 1. The molecule has 1 amide bonds. The number of nitrogens with zero attached hydrogens (tertiary/aromatic N) is 4. The molecule has 0 radical (unpaired) electrons. The van der Waals surface area contributed by atoms with Crippen LogP contribution in [0.3, 0.4) is 0 Å².